The van der Waals surface area contributed by atoms with Crippen molar-refractivity contribution in [1.29, 1.82) is 0 Å². The number of hydrogen-bond donors (Lipinski definition) is 0. The SMILES string of the molecule is Cc1cccc(-n2ccc3nc4ncnn4c(-c4ccccc4)c3c2=O)c1. The van der Waals surface area contributed by atoms with Gasteiger partial charge in [0.1, 0.15) is 6.33 Å². The van der Waals surface area contributed by atoms with Gasteiger partial charge < -0.3 is 0 Å². The van der Waals surface area contributed by atoms with Crippen molar-refractivity contribution in [1.82, 2.24) is 24.1 Å². The zero-order valence-electron chi connectivity index (χ0n) is 14.6. The highest BCUT2D eigenvalue weighted by Gasteiger charge is 2.17. The lowest BCUT2D eigenvalue weighted by molar-refractivity contribution is 0.948. The molecule has 3 aromatic heterocycles. The minimum Gasteiger partial charge on any atom is -0.284 e. The minimum absolute atomic E-state index is 0.137. The lowest BCUT2D eigenvalue weighted by Crippen LogP contribution is -2.20. The molecule has 0 N–H and O–H groups in total. The van der Waals surface area contributed by atoms with Gasteiger partial charge >= 0.3 is 0 Å². The van der Waals surface area contributed by atoms with Crippen LogP contribution in [0.25, 0.3) is 33.6 Å². The lowest BCUT2D eigenvalue weighted by Gasteiger charge is -2.12. The van der Waals surface area contributed by atoms with Crippen LogP contribution in [0.3, 0.4) is 0 Å². The molecule has 0 amide bonds. The van der Waals surface area contributed by atoms with Crippen molar-refractivity contribution in [3.63, 3.8) is 0 Å². The van der Waals surface area contributed by atoms with E-state index in [1.165, 1.54) is 6.33 Å². The van der Waals surface area contributed by atoms with Gasteiger partial charge in [0.25, 0.3) is 11.3 Å². The molecule has 3 heterocycles. The molecule has 5 rings (SSSR count). The lowest BCUT2D eigenvalue weighted by atomic mass is 10.1. The van der Waals surface area contributed by atoms with Crippen LogP contribution in [0.5, 0.6) is 0 Å². The van der Waals surface area contributed by atoms with Crippen LogP contribution >= 0.6 is 0 Å². The van der Waals surface area contributed by atoms with Crippen LogP contribution in [-0.4, -0.2) is 24.1 Å². The van der Waals surface area contributed by atoms with E-state index in [4.69, 9.17) is 0 Å². The molecular weight excluding hydrogens is 338 g/mol. The van der Waals surface area contributed by atoms with E-state index in [9.17, 15) is 4.79 Å². The molecule has 0 saturated heterocycles. The van der Waals surface area contributed by atoms with Gasteiger partial charge in [-0.05, 0) is 30.7 Å². The third-order valence-corrected chi connectivity index (χ3v) is 4.60. The van der Waals surface area contributed by atoms with E-state index in [-0.39, 0.29) is 5.56 Å². The van der Waals surface area contributed by atoms with E-state index in [1.807, 2.05) is 67.6 Å². The molecule has 6 heteroatoms. The molecule has 130 valence electrons. The monoisotopic (exact) mass is 353 g/mol. The number of benzene rings is 2. The zero-order valence-corrected chi connectivity index (χ0v) is 14.6. The summed E-state index contributed by atoms with van der Waals surface area (Å²) in [6.45, 7) is 2.01. The molecule has 5 aromatic rings. The number of rotatable bonds is 2. The quantitative estimate of drug-likeness (QED) is 0.488. The van der Waals surface area contributed by atoms with Gasteiger partial charge in [0.15, 0.2) is 0 Å². The van der Waals surface area contributed by atoms with Crippen molar-refractivity contribution in [2.75, 3.05) is 0 Å². The molecule has 0 fully saturated rings. The topological polar surface area (TPSA) is 65.1 Å². The van der Waals surface area contributed by atoms with E-state index < -0.39 is 0 Å². The molecular formula is C21H15N5O. The average molecular weight is 353 g/mol. The van der Waals surface area contributed by atoms with Crippen LogP contribution in [-0.2, 0) is 0 Å². The van der Waals surface area contributed by atoms with Crippen molar-refractivity contribution >= 4 is 16.7 Å². The molecule has 0 aliphatic carbocycles. The van der Waals surface area contributed by atoms with Gasteiger partial charge in [-0.15, -0.1) is 0 Å². The van der Waals surface area contributed by atoms with Gasteiger partial charge in [-0.25, -0.2) is 4.98 Å². The maximum absolute atomic E-state index is 13.5. The Morgan fingerprint density at radius 3 is 2.63 bits per heavy atom. The highest BCUT2D eigenvalue weighted by molar-refractivity contribution is 5.93. The largest absolute Gasteiger partial charge is 0.284 e. The molecule has 0 bridgehead atoms. The predicted molar refractivity (Wildman–Crippen MR) is 104 cm³/mol. The number of fused-ring (bicyclic) bond motifs is 2. The fourth-order valence-electron chi connectivity index (χ4n) is 3.37. The summed E-state index contributed by atoms with van der Waals surface area (Å²) in [6.07, 6.45) is 3.21. The maximum Gasteiger partial charge on any atom is 0.266 e. The third-order valence-electron chi connectivity index (χ3n) is 4.60. The van der Waals surface area contributed by atoms with Crippen molar-refractivity contribution in [2.45, 2.75) is 6.92 Å². The number of aromatic nitrogens is 5. The second kappa shape index (κ2) is 5.88. The maximum atomic E-state index is 13.5. The van der Waals surface area contributed by atoms with Crippen LogP contribution in [0, 0.1) is 6.92 Å². The predicted octanol–water partition coefficient (Wildman–Crippen LogP) is 3.40. The van der Waals surface area contributed by atoms with E-state index in [0.29, 0.717) is 22.4 Å². The molecule has 27 heavy (non-hydrogen) atoms. The second-order valence-corrected chi connectivity index (χ2v) is 6.39. The molecule has 0 aliphatic heterocycles. The van der Waals surface area contributed by atoms with E-state index in [1.54, 1.807) is 15.3 Å². The minimum atomic E-state index is -0.137. The van der Waals surface area contributed by atoms with Gasteiger partial charge in [0.05, 0.1) is 16.6 Å². The number of hydrogen-bond acceptors (Lipinski definition) is 4. The zero-order chi connectivity index (χ0) is 18.4. The Kier molecular flexibility index (Phi) is 3.36. The molecule has 0 radical (unpaired) electrons. The van der Waals surface area contributed by atoms with E-state index >= 15 is 0 Å². The number of pyridine rings is 1. The Labute approximate surface area is 154 Å². The van der Waals surface area contributed by atoms with Gasteiger partial charge in [0.2, 0.25) is 0 Å². The summed E-state index contributed by atoms with van der Waals surface area (Å²) in [4.78, 5) is 22.2. The van der Waals surface area contributed by atoms with Crippen LogP contribution in [0.4, 0.5) is 0 Å². The van der Waals surface area contributed by atoms with Crippen LogP contribution in [0.15, 0.2) is 78.0 Å². The summed E-state index contributed by atoms with van der Waals surface area (Å²) in [5.74, 6) is 0.467. The molecule has 6 nitrogen and oxygen atoms in total. The normalized spacial score (nSPS) is 11.3. The molecule has 2 aromatic carbocycles. The summed E-state index contributed by atoms with van der Waals surface area (Å²) in [7, 11) is 0. The first-order valence-corrected chi connectivity index (χ1v) is 8.60. The highest BCUT2D eigenvalue weighted by atomic mass is 16.1. The van der Waals surface area contributed by atoms with Crippen LogP contribution in [0.1, 0.15) is 5.56 Å². The number of aryl methyl sites for hydroxylation is 1. The highest BCUT2D eigenvalue weighted by Crippen LogP contribution is 2.26. The van der Waals surface area contributed by atoms with Gasteiger partial charge in [-0.1, -0.05) is 42.5 Å². The average Bonchev–Trinajstić information content (AvgIpc) is 3.15. The van der Waals surface area contributed by atoms with Gasteiger partial charge in [0, 0.05) is 17.4 Å². The van der Waals surface area contributed by atoms with Gasteiger partial charge in [-0.3, -0.25) is 9.36 Å². The van der Waals surface area contributed by atoms with Crippen LogP contribution < -0.4 is 5.56 Å². The molecule has 0 atom stereocenters. The molecule has 0 aliphatic rings. The first-order chi connectivity index (χ1) is 13.2. The van der Waals surface area contributed by atoms with Gasteiger partial charge in [-0.2, -0.15) is 14.6 Å². The standard InChI is InChI=1S/C21H15N5O/c1-14-6-5-9-16(12-14)25-11-10-17-18(20(25)27)19(15-7-3-2-4-8-15)26-21(24-17)22-13-23-26/h2-13H,1H3. The Morgan fingerprint density at radius 1 is 0.963 bits per heavy atom. The summed E-state index contributed by atoms with van der Waals surface area (Å²) in [5, 5.41) is 4.81. The van der Waals surface area contributed by atoms with Crippen molar-refractivity contribution in [3.05, 3.63) is 89.1 Å². The molecule has 0 saturated carbocycles. The van der Waals surface area contributed by atoms with E-state index in [0.717, 1.165) is 16.8 Å². The Hall–Kier alpha value is -3.80. The fraction of sp³-hybridized carbons (Fsp3) is 0.0476. The summed E-state index contributed by atoms with van der Waals surface area (Å²) >= 11 is 0. The van der Waals surface area contributed by atoms with Crippen LogP contribution in [0.2, 0.25) is 0 Å². The summed E-state index contributed by atoms with van der Waals surface area (Å²) < 4.78 is 3.27. The Balaban J connectivity index is 1.93. The smallest absolute Gasteiger partial charge is 0.266 e. The second-order valence-electron chi connectivity index (χ2n) is 6.39. The first kappa shape index (κ1) is 15.5. The Bertz CT molecular complexity index is 1350. The molecule has 0 spiro atoms. The third kappa shape index (κ3) is 2.42. The Morgan fingerprint density at radius 2 is 1.81 bits per heavy atom. The summed E-state index contributed by atoms with van der Waals surface area (Å²) in [6, 6.07) is 19.4. The summed E-state index contributed by atoms with van der Waals surface area (Å²) in [5.41, 5.74) is 3.96. The van der Waals surface area contributed by atoms with Crippen molar-refractivity contribution in [2.24, 2.45) is 0 Å². The number of nitrogens with zero attached hydrogens (tertiary/aromatic N) is 5. The van der Waals surface area contributed by atoms with E-state index in [2.05, 4.69) is 15.1 Å². The first-order valence-electron chi connectivity index (χ1n) is 8.60. The van der Waals surface area contributed by atoms with Crippen molar-refractivity contribution in [3.8, 4) is 16.9 Å². The molecule has 0 unspecified atom stereocenters. The fourth-order valence-corrected chi connectivity index (χ4v) is 3.37. The van der Waals surface area contributed by atoms with Crippen molar-refractivity contribution < 1.29 is 0 Å².